The molecule has 1 atom stereocenters. The Kier molecular flexibility index (Phi) is 7.78. The molecule has 0 aliphatic rings. The van der Waals surface area contributed by atoms with Gasteiger partial charge >= 0.3 is 0 Å². The van der Waals surface area contributed by atoms with Crippen LogP contribution in [0.2, 0.25) is 0 Å². The van der Waals surface area contributed by atoms with Crippen molar-refractivity contribution in [3.8, 4) is 0 Å². The standard InChI is InChI=1S/C13H23N3O2S/c1-3-5-11-12(14-6-4-2)15-9-16-13(11)19-8-10(18)7-17/h9-10,17-18H,3-8H2,1-2H3,(H,14,15,16). The average Bonchev–Trinajstić information content (AvgIpc) is 2.44. The Hall–Kier alpha value is -0.850. The van der Waals surface area contributed by atoms with Crippen LogP contribution in [0.1, 0.15) is 32.3 Å². The maximum atomic E-state index is 9.42. The molecule has 3 N–H and O–H groups in total. The normalized spacial score (nSPS) is 12.4. The van der Waals surface area contributed by atoms with Gasteiger partial charge in [0, 0.05) is 17.9 Å². The molecule has 5 nitrogen and oxygen atoms in total. The SMILES string of the molecule is CCCNc1ncnc(SCC(O)CO)c1CCC. The van der Waals surface area contributed by atoms with Crippen molar-refractivity contribution in [2.24, 2.45) is 0 Å². The fourth-order valence-corrected chi connectivity index (χ4v) is 2.57. The zero-order valence-corrected chi connectivity index (χ0v) is 12.4. The summed E-state index contributed by atoms with van der Waals surface area (Å²) in [6.07, 6.45) is 3.81. The molecule has 0 fully saturated rings. The molecule has 108 valence electrons. The highest BCUT2D eigenvalue weighted by molar-refractivity contribution is 7.99. The van der Waals surface area contributed by atoms with E-state index in [1.165, 1.54) is 11.8 Å². The molecule has 0 radical (unpaired) electrons. The molecule has 19 heavy (non-hydrogen) atoms. The van der Waals surface area contributed by atoms with Crippen LogP contribution < -0.4 is 5.32 Å². The highest BCUT2D eigenvalue weighted by Gasteiger charge is 2.12. The summed E-state index contributed by atoms with van der Waals surface area (Å²) in [5.41, 5.74) is 1.11. The number of aliphatic hydroxyl groups excluding tert-OH is 2. The molecule has 1 rings (SSSR count). The number of aliphatic hydroxyl groups is 2. The van der Waals surface area contributed by atoms with Gasteiger partial charge in [0.2, 0.25) is 0 Å². The summed E-state index contributed by atoms with van der Waals surface area (Å²) in [4.78, 5) is 8.59. The highest BCUT2D eigenvalue weighted by atomic mass is 32.2. The van der Waals surface area contributed by atoms with E-state index in [0.717, 1.165) is 42.2 Å². The van der Waals surface area contributed by atoms with Crippen LogP contribution >= 0.6 is 11.8 Å². The largest absolute Gasteiger partial charge is 0.394 e. The van der Waals surface area contributed by atoms with E-state index in [9.17, 15) is 5.11 Å². The van der Waals surface area contributed by atoms with E-state index >= 15 is 0 Å². The van der Waals surface area contributed by atoms with Crippen molar-refractivity contribution < 1.29 is 10.2 Å². The molecule has 1 unspecified atom stereocenters. The van der Waals surface area contributed by atoms with Crippen molar-refractivity contribution in [2.75, 3.05) is 24.2 Å². The third-order valence-corrected chi connectivity index (χ3v) is 3.75. The van der Waals surface area contributed by atoms with Crippen LogP contribution in [0.3, 0.4) is 0 Å². The Morgan fingerprint density at radius 2 is 2.11 bits per heavy atom. The van der Waals surface area contributed by atoms with Gasteiger partial charge in [-0.25, -0.2) is 9.97 Å². The first-order valence-electron chi connectivity index (χ1n) is 6.72. The van der Waals surface area contributed by atoms with Crippen molar-refractivity contribution in [1.29, 1.82) is 0 Å². The van der Waals surface area contributed by atoms with Gasteiger partial charge in [-0.2, -0.15) is 0 Å². The number of aromatic nitrogens is 2. The molecular weight excluding hydrogens is 262 g/mol. The number of anilines is 1. The van der Waals surface area contributed by atoms with Crippen LogP contribution in [0.4, 0.5) is 5.82 Å². The Morgan fingerprint density at radius 1 is 1.32 bits per heavy atom. The van der Waals surface area contributed by atoms with E-state index in [1.807, 2.05) is 0 Å². The van der Waals surface area contributed by atoms with Crippen LogP contribution in [0, 0.1) is 0 Å². The van der Waals surface area contributed by atoms with Crippen molar-refractivity contribution in [3.05, 3.63) is 11.9 Å². The molecule has 0 saturated heterocycles. The topological polar surface area (TPSA) is 78.3 Å². The zero-order valence-electron chi connectivity index (χ0n) is 11.6. The lowest BCUT2D eigenvalue weighted by Crippen LogP contribution is -2.15. The number of thioether (sulfide) groups is 1. The first-order valence-corrected chi connectivity index (χ1v) is 7.70. The maximum Gasteiger partial charge on any atom is 0.133 e. The van der Waals surface area contributed by atoms with Crippen molar-refractivity contribution in [1.82, 2.24) is 9.97 Å². The molecule has 0 bridgehead atoms. The molecular formula is C13H23N3O2S. The van der Waals surface area contributed by atoms with Crippen LogP contribution in [-0.4, -0.2) is 45.2 Å². The number of nitrogens with zero attached hydrogens (tertiary/aromatic N) is 2. The first kappa shape index (κ1) is 16.2. The van der Waals surface area contributed by atoms with Crippen molar-refractivity contribution >= 4 is 17.6 Å². The number of hydrogen-bond acceptors (Lipinski definition) is 6. The van der Waals surface area contributed by atoms with Gasteiger partial charge in [0.1, 0.15) is 17.2 Å². The van der Waals surface area contributed by atoms with E-state index in [-0.39, 0.29) is 6.61 Å². The van der Waals surface area contributed by atoms with Crippen molar-refractivity contribution in [3.63, 3.8) is 0 Å². The Bertz CT molecular complexity index is 377. The molecule has 0 spiro atoms. The third-order valence-electron chi connectivity index (χ3n) is 2.57. The van der Waals surface area contributed by atoms with E-state index in [4.69, 9.17) is 5.11 Å². The van der Waals surface area contributed by atoms with Gasteiger partial charge < -0.3 is 15.5 Å². The summed E-state index contributed by atoms with van der Waals surface area (Å²) in [7, 11) is 0. The highest BCUT2D eigenvalue weighted by Crippen LogP contribution is 2.26. The van der Waals surface area contributed by atoms with Crippen LogP contribution in [0.25, 0.3) is 0 Å². The second-order valence-corrected chi connectivity index (χ2v) is 5.34. The average molecular weight is 285 g/mol. The minimum Gasteiger partial charge on any atom is -0.394 e. The minimum atomic E-state index is -0.707. The lowest BCUT2D eigenvalue weighted by Gasteiger charge is -2.14. The molecule has 0 amide bonds. The fraction of sp³-hybridized carbons (Fsp3) is 0.692. The lowest BCUT2D eigenvalue weighted by atomic mass is 10.2. The van der Waals surface area contributed by atoms with E-state index in [2.05, 4.69) is 29.1 Å². The van der Waals surface area contributed by atoms with E-state index in [1.54, 1.807) is 6.33 Å². The summed E-state index contributed by atoms with van der Waals surface area (Å²) in [5, 5.41) is 22.5. The Labute approximate surface area is 118 Å². The predicted octanol–water partition coefficient (Wildman–Crippen LogP) is 1.70. The predicted molar refractivity (Wildman–Crippen MR) is 78.6 cm³/mol. The second kappa shape index (κ2) is 9.12. The quantitative estimate of drug-likeness (QED) is 0.473. The summed E-state index contributed by atoms with van der Waals surface area (Å²) in [5.74, 6) is 1.33. The van der Waals surface area contributed by atoms with E-state index in [0.29, 0.717) is 5.75 Å². The van der Waals surface area contributed by atoms with Crippen molar-refractivity contribution in [2.45, 2.75) is 44.2 Å². The molecule has 0 saturated carbocycles. The van der Waals surface area contributed by atoms with Gasteiger partial charge in [-0.1, -0.05) is 20.3 Å². The Balaban J connectivity index is 2.82. The van der Waals surface area contributed by atoms with Gasteiger partial charge in [0.25, 0.3) is 0 Å². The number of hydrogen-bond donors (Lipinski definition) is 3. The lowest BCUT2D eigenvalue weighted by molar-refractivity contribution is 0.113. The maximum absolute atomic E-state index is 9.42. The molecule has 1 aromatic rings. The zero-order chi connectivity index (χ0) is 14.1. The van der Waals surface area contributed by atoms with Gasteiger partial charge in [-0.3, -0.25) is 0 Å². The van der Waals surface area contributed by atoms with Crippen LogP contribution in [0.5, 0.6) is 0 Å². The molecule has 0 aromatic carbocycles. The summed E-state index contributed by atoms with van der Waals surface area (Å²) < 4.78 is 0. The molecule has 1 aromatic heterocycles. The third kappa shape index (κ3) is 5.34. The molecule has 0 aliphatic carbocycles. The summed E-state index contributed by atoms with van der Waals surface area (Å²) >= 11 is 1.47. The second-order valence-electron chi connectivity index (χ2n) is 4.33. The smallest absolute Gasteiger partial charge is 0.133 e. The number of rotatable bonds is 9. The summed E-state index contributed by atoms with van der Waals surface area (Å²) in [6.45, 7) is 4.90. The minimum absolute atomic E-state index is 0.220. The van der Waals surface area contributed by atoms with Crippen LogP contribution in [-0.2, 0) is 6.42 Å². The van der Waals surface area contributed by atoms with Gasteiger partial charge in [-0.05, 0) is 12.8 Å². The molecule has 6 heteroatoms. The molecule has 1 heterocycles. The Morgan fingerprint density at radius 3 is 2.74 bits per heavy atom. The van der Waals surface area contributed by atoms with Gasteiger partial charge in [0.15, 0.2) is 0 Å². The monoisotopic (exact) mass is 285 g/mol. The molecule has 0 aliphatic heterocycles. The number of nitrogens with one attached hydrogen (secondary N) is 1. The van der Waals surface area contributed by atoms with Gasteiger partial charge in [-0.15, -0.1) is 11.8 Å². The summed E-state index contributed by atoms with van der Waals surface area (Å²) in [6, 6.07) is 0. The fourth-order valence-electron chi connectivity index (χ4n) is 1.62. The first-order chi connectivity index (χ1) is 9.22. The van der Waals surface area contributed by atoms with Gasteiger partial charge in [0.05, 0.1) is 12.7 Å². The van der Waals surface area contributed by atoms with Crippen LogP contribution in [0.15, 0.2) is 11.4 Å². The van der Waals surface area contributed by atoms with E-state index < -0.39 is 6.10 Å².